The number of hydrogen-bond donors (Lipinski definition) is 2. The molecule has 1 saturated heterocycles. The average Bonchev–Trinajstić information content (AvgIpc) is 2.38. The van der Waals surface area contributed by atoms with E-state index in [1.54, 1.807) is 6.07 Å². The summed E-state index contributed by atoms with van der Waals surface area (Å²) in [7, 11) is 0. The zero-order valence-corrected chi connectivity index (χ0v) is 10.8. The van der Waals surface area contributed by atoms with Gasteiger partial charge in [-0.1, -0.05) is 6.07 Å². The van der Waals surface area contributed by atoms with E-state index in [0.717, 1.165) is 0 Å². The number of thioether (sulfide) groups is 1. The molecule has 2 amide bonds. The predicted molar refractivity (Wildman–Crippen MR) is 70.9 cm³/mol. The summed E-state index contributed by atoms with van der Waals surface area (Å²) in [5.74, 6) is -0.421. The number of amides is 2. The highest BCUT2D eigenvalue weighted by molar-refractivity contribution is 7.99. The Morgan fingerprint density at radius 3 is 2.95 bits per heavy atom. The van der Waals surface area contributed by atoms with Gasteiger partial charge in [-0.15, -0.1) is 0 Å². The van der Waals surface area contributed by atoms with Gasteiger partial charge in [0.25, 0.3) is 0 Å². The number of nitrogens with one attached hydrogen (secondary N) is 1. The van der Waals surface area contributed by atoms with Crippen LogP contribution in [0.4, 0.5) is 14.9 Å². The Morgan fingerprint density at radius 2 is 2.26 bits per heavy atom. The summed E-state index contributed by atoms with van der Waals surface area (Å²) in [6, 6.07) is 4.13. The first-order chi connectivity index (χ1) is 9.08. The summed E-state index contributed by atoms with van der Waals surface area (Å²) in [6.07, 6.45) is 0. The van der Waals surface area contributed by atoms with E-state index in [2.05, 4.69) is 5.32 Å². The fraction of sp³-hybridized carbons (Fsp3) is 0.333. The summed E-state index contributed by atoms with van der Waals surface area (Å²) < 4.78 is 13.0. The van der Waals surface area contributed by atoms with Gasteiger partial charge in [0.15, 0.2) is 0 Å². The lowest BCUT2D eigenvalue weighted by Crippen LogP contribution is -2.51. The lowest BCUT2D eigenvalue weighted by molar-refractivity contribution is -0.141. The van der Waals surface area contributed by atoms with Gasteiger partial charge in [0.1, 0.15) is 11.9 Å². The van der Waals surface area contributed by atoms with E-state index in [-0.39, 0.29) is 0 Å². The van der Waals surface area contributed by atoms with E-state index in [4.69, 9.17) is 5.11 Å². The molecule has 1 unspecified atom stereocenters. The van der Waals surface area contributed by atoms with Crippen molar-refractivity contribution >= 4 is 29.4 Å². The van der Waals surface area contributed by atoms with Gasteiger partial charge in [-0.25, -0.2) is 14.0 Å². The average molecular weight is 284 g/mol. The van der Waals surface area contributed by atoms with Gasteiger partial charge in [0.05, 0.1) is 0 Å². The number of benzene rings is 1. The van der Waals surface area contributed by atoms with Crippen molar-refractivity contribution < 1.29 is 19.1 Å². The molecule has 1 aromatic carbocycles. The normalized spacial score (nSPS) is 19.0. The molecule has 2 N–H and O–H groups in total. The Morgan fingerprint density at radius 1 is 1.47 bits per heavy atom. The Bertz CT molecular complexity index is 498. The number of carboxylic acids is 1. The first kappa shape index (κ1) is 13.7. The molecule has 7 heteroatoms. The summed E-state index contributed by atoms with van der Waals surface area (Å²) in [5, 5.41) is 11.6. The van der Waals surface area contributed by atoms with Crippen LogP contribution < -0.4 is 5.32 Å². The Labute approximate surface area is 113 Å². The van der Waals surface area contributed by atoms with Crippen LogP contribution in [-0.4, -0.2) is 46.1 Å². The molecule has 0 radical (unpaired) electrons. The van der Waals surface area contributed by atoms with Crippen LogP contribution in [0.1, 0.15) is 0 Å². The maximum atomic E-state index is 13.0. The van der Waals surface area contributed by atoms with E-state index >= 15 is 0 Å². The van der Waals surface area contributed by atoms with Gasteiger partial charge in [0.2, 0.25) is 0 Å². The molecular weight excluding hydrogens is 271 g/mol. The maximum Gasteiger partial charge on any atom is 0.327 e. The number of carbonyl (C=O) groups is 2. The molecule has 1 fully saturated rings. The highest BCUT2D eigenvalue weighted by Gasteiger charge is 2.32. The van der Waals surface area contributed by atoms with Crippen molar-refractivity contribution in [1.82, 2.24) is 4.90 Å². The lowest BCUT2D eigenvalue weighted by Gasteiger charge is -2.32. The molecule has 19 heavy (non-hydrogen) atoms. The Hall–Kier alpha value is -1.76. The van der Waals surface area contributed by atoms with Crippen LogP contribution in [0.15, 0.2) is 24.3 Å². The molecule has 0 bridgehead atoms. The minimum absolute atomic E-state index is 0.312. The number of carboxylic acid groups (broad SMARTS) is 1. The second-order valence-corrected chi connectivity index (χ2v) is 5.21. The number of hydrogen-bond acceptors (Lipinski definition) is 3. The lowest BCUT2D eigenvalue weighted by atomic mass is 10.3. The van der Waals surface area contributed by atoms with Crippen LogP contribution in [0.25, 0.3) is 0 Å². The van der Waals surface area contributed by atoms with Crippen molar-refractivity contribution in [3.63, 3.8) is 0 Å². The number of urea groups is 1. The van der Waals surface area contributed by atoms with E-state index < -0.39 is 23.9 Å². The van der Waals surface area contributed by atoms with Crippen LogP contribution in [0.5, 0.6) is 0 Å². The SMILES string of the molecule is O=C(O)C1CSCCN1C(=O)Nc1cccc(F)c1. The standard InChI is InChI=1S/C12H13FN2O3S/c13-8-2-1-3-9(6-8)14-12(18)15-4-5-19-7-10(15)11(16)17/h1-3,6,10H,4-5,7H2,(H,14,18)(H,16,17). The van der Waals surface area contributed by atoms with Crippen molar-refractivity contribution in [3.05, 3.63) is 30.1 Å². The molecule has 0 aliphatic carbocycles. The summed E-state index contributed by atoms with van der Waals surface area (Å²) in [4.78, 5) is 24.4. The highest BCUT2D eigenvalue weighted by atomic mass is 32.2. The van der Waals surface area contributed by atoms with Crippen molar-refractivity contribution in [2.75, 3.05) is 23.4 Å². The fourth-order valence-corrected chi connectivity index (χ4v) is 2.85. The largest absolute Gasteiger partial charge is 0.480 e. The van der Waals surface area contributed by atoms with E-state index in [9.17, 15) is 14.0 Å². The summed E-state index contributed by atoms with van der Waals surface area (Å²) in [5.41, 5.74) is 0.312. The second-order valence-electron chi connectivity index (χ2n) is 4.06. The summed E-state index contributed by atoms with van der Waals surface area (Å²) in [6.45, 7) is 0.364. The van der Waals surface area contributed by atoms with Crippen LogP contribution in [0.3, 0.4) is 0 Å². The molecule has 0 aromatic heterocycles. The quantitative estimate of drug-likeness (QED) is 0.869. The number of nitrogens with zero attached hydrogens (tertiary/aromatic N) is 1. The molecule has 1 atom stereocenters. The van der Waals surface area contributed by atoms with E-state index in [1.807, 2.05) is 0 Å². The summed E-state index contributed by atoms with van der Waals surface area (Å²) >= 11 is 1.50. The molecule has 1 heterocycles. The van der Waals surface area contributed by atoms with Gasteiger partial charge < -0.3 is 15.3 Å². The zero-order valence-electron chi connectivity index (χ0n) is 10.0. The highest BCUT2D eigenvalue weighted by Crippen LogP contribution is 2.18. The van der Waals surface area contributed by atoms with Gasteiger partial charge >= 0.3 is 12.0 Å². The third-order valence-corrected chi connectivity index (χ3v) is 3.77. The second kappa shape index (κ2) is 5.92. The first-order valence-electron chi connectivity index (χ1n) is 5.71. The maximum absolute atomic E-state index is 13.0. The first-order valence-corrected chi connectivity index (χ1v) is 6.87. The number of carbonyl (C=O) groups excluding carboxylic acids is 1. The molecule has 102 valence electrons. The van der Waals surface area contributed by atoms with Gasteiger partial charge in [-0.05, 0) is 18.2 Å². The molecule has 0 spiro atoms. The molecule has 0 saturated carbocycles. The number of halogens is 1. The Kier molecular flexibility index (Phi) is 4.26. The monoisotopic (exact) mass is 284 g/mol. The van der Waals surface area contributed by atoms with E-state index in [1.165, 1.54) is 34.9 Å². The molecule has 5 nitrogen and oxygen atoms in total. The van der Waals surface area contributed by atoms with Crippen LogP contribution in [-0.2, 0) is 4.79 Å². The van der Waals surface area contributed by atoms with Crippen molar-refractivity contribution in [2.24, 2.45) is 0 Å². The van der Waals surface area contributed by atoms with Crippen LogP contribution >= 0.6 is 11.8 Å². The predicted octanol–water partition coefficient (Wildman–Crippen LogP) is 1.86. The molecule has 2 rings (SSSR count). The van der Waals surface area contributed by atoms with Gasteiger partial charge in [-0.3, -0.25) is 0 Å². The van der Waals surface area contributed by atoms with Crippen molar-refractivity contribution in [1.29, 1.82) is 0 Å². The zero-order chi connectivity index (χ0) is 13.8. The minimum Gasteiger partial charge on any atom is -0.480 e. The number of rotatable bonds is 2. The molecule has 1 aliphatic heterocycles. The topological polar surface area (TPSA) is 69.6 Å². The van der Waals surface area contributed by atoms with Crippen molar-refractivity contribution in [3.8, 4) is 0 Å². The third kappa shape index (κ3) is 3.37. The fourth-order valence-electron chi connectivity index (χ4n) is 1.81. The number of aliphatic carboxylic acids is 1. The third-order valence-electron chi connectivity index (χ3n) is 2.75. The minimum atomic E-state index is -1.03. The molecule has 1 aromatic rings. The van der Waals surface area contributed by atoms with Crippen LogP contribution in [0.2, 0.25) is 0 Å². The van der Waals surface area contributed by atoms with E-state index in [0.29, 0.717) is 23.7 Å². The molecular formula is C12H13FN2O3S. The van der Waals surface area contributed by atoms with Crippen molar-refractivity contribution in [2.45, 2.75) is 6.04 Å². The molecule has 1 aliphatic rings. The smallest absolute Gasteiger partial charge is 0.327 e. The Balaban J connectivity index is 2.07. The van der Waals surface area contributed by atoms with Crippen LogP contribution in [0, 0.1) is 5.82 Å². The van der Waals surface area contributed by atoms with Gasteiger partial charge in [-0.2, -0.15) is 11.8 Å². The van der Waals surface area contributed by atoms with Gasteiger partial charge in [0, 0.05) is 23.7 Å². The number of anilines is 1.